The second-order valence-electron chi connectivity index (χ2n) is 4.92. The quantitative estimate of drug-likeness (QED) is 0.839. The van der Waals surface area contributed by atoms with Gasteiger partial charge < -0.3 is 14.6 Å². The normalized spacial score (nSPS) is 14.4. The van der Waals surface area contributed by atoms with Gasteiger partial charge in [-0.1, -0.05) is 17.3 Å². The van der Waals surface area contributed by atoms with Gasteiger partial charge in [0, 0.05) is 19.0 Å². The average molecular weight is 273 g/mol. The maximum atomic E-state index is 5.59. The van der Waals surface area contributed by atoms with Crippen molar-refractivity contribution in [1.29, 1.82) is 0 Å². The van der Waals surface area contributed by atoms with E-state index in [-0.39, 0.29) is 0 Å². The molecule has 0 aliphatic heterocycles. The number of aromatic nitrogens is 2. The summed E-state index contributed by atoms with van der Waals surface area (Å²) < 4.78 is 10.9. The van der Waals surface area contributed by atoms with Gasteiger partial charge in [-0.15, -0.1) is 0 Å². The Morgan fingerprint density at radius 1 is 1.35 bits per heavy atom. The zero-order chi connectivity index (χ0) is 13.8. The summed E-state index contributed by atoms with van der Waals surface area (Å²) in [4.78, 5) is 4.44. The second-order valence-corrected chi connectivity index (χ2v) is 4.92. The van der Waals surface area contributed by atoms with E-state index in [1.54, 1.807) is 0 Å². The van der Waals surface area contributed by atoms with Crippen molar-refractivity contribution >= 4 is 0 Å². The van der Waals surface area contributed by atoms with E-state index in [0.717, 1.165) is 24.3 Å². The van der Waals surface area contributed by atoms with Gasteiger partial charge in [0.15, 0.2) is 0 Å². The molecule has 5 nitrogen and oxygen atoms in total. The van der Waals surface area contributed by atoms with E-state index in [4.69, 9.17) is 9.26 Å². The molecule has 1 aromatic heterocycles. The summed E-state index contributed by atoms with van der Waals surface area (Å²) in [6.07, 6.45) is 3.34. The number of nitrogens with zero attached hydrogens (tertiary/aromatic N) is 2. The van der Waals surface area contributed by atoms with E-state index in [9.17, 15) is 0 Å². The Kier molecular flexibility index (Phi) is 3.97. The first kappa shape index (κ1) is 13.1. The highest BCUT2D eigenvalue weighted by atomic mass is 16.5. The first-order valence-electron chi connectivity index (χ1n) is 7.15. The maximum absolute atomic E-state index is 5.59. The van der Waals surface area contributed by atoms with E-state index >= 15 is 0 Å². The van der Waals surface area contributed by atoms with Crippen molar-refractivity contribution in [3.05, 3.63) is 30.2 Å². The number of ether oxygens (including phenoxy) is 1. The van der Waals surface area contributed by atoms with Crippen LogP contribution in [0.5, 0.6) is 5.75 Å². The molecule has 20 heavy (non-hydrogen) atoms. The molecule has 1 aliphatic rings. The van der Waals surface area contributed by atoms with Gasteiger partial charge in [0.05, 0.1) is 12.2 Å². The summed E-state index contributed by atoms with van der Waals surface area (Å²) in [6.45, 7) is 3.47. The highest BCUT2D eigenvalue weighted by molar-refractivity contribution is 5.63. The second kappa shape index (κ2) is 6.05. The molecule has 0 unspecified atom stereocenters. The fourth-order valence-electron chi connectivity index (χ4n) is 2.07. The Labute approximate surface area is 118 Å². The number of hydrogen-bond acceptors (Lipinski definition) is 5. The van der Waals surface area contributed by atoms with Gasteiger partial charge in [0.25, 0.3) is 0 Å². The van der Waals surface area contributed by atoms with Gasteiger partial charge in [0.2, 0.25) is 11.7 Å². The molecule has 0 atom stereocenters. The summed E-state index contributed by atoms with van der Waals surface area (Å²) in [6, 6.07) is 8.46. The van der Waals surface area contributed by atoms with Gasteiger partial charge in [-0.3, -0.25) is 0 Å². The minimum atomic E-state index is 0.593. The topological polar surface area (TPSA) is 60.2 Å². The maximum Gasteiger partial charge on any atom is 0.228 e. The number of hydrogen-bond donors (Lipinski definition) is 1. The van der Waals surface area contributed by atoms with E-state index in [2.05, 4.69) is 15.5 Å². The number of nitrogens with one attached hydrogen (secondary N) is 1. The molecule has 2 aromatic rings. The van der Waals surface area contributed by atoms with Crippen LogP contribution in [-0.2, 0) is 6.42 Å². The Balaban J connectivity index is 1.68. The summed E-state index contributed by atoms with van der Waals surface area (Å²) in [5.74, 6) is 2.05. The first-order valence-corrected chi connectivity index (χ1v) is 7.15. The number of rotatable bonds is 7. The zero-order valence-corrected chi connectivity index (χ0v) is 11.6. The molecule has 106 valence electrons. The van der Waals surface area contributed by atoms with Gasteiger partial charge in [0.1, 0.15) is 5.75 Å². The third-order valence-electron chi connectivity index (χ3n) is 3.25. The van der Waals surface area contributed by atoms with Crippen LogP contribution < -0.4 is 10.1 Å². The van der Waals surface area contributed by atoms with Crippen LogP contribution in [0.3, 0.4) is 0 Å². The van der Waals surface area contributed by atoms with Gasteiger partial charge in [-0.05, 0) is 31.9 Å². The summed E-state index contributed by atoms with van der Waals surface area (Å²) in [5.41, 5.74) is 0.875. The molecule has 0 amide bonds. The molecule has 5 heteroatoms. The lowest BCUT2D eigenvalue weighted by atomic mass is 10.2. The highest BCUT2D eigenvalue weighted by Crippen LogP contribution is 2.27. The minimum Gasteiger partial charge on any atom is -0.493 e. The minimum absolute atomic E-state index is 0.593. The van der Waals surface area contributed by atoms with Crippen molar-refractivity contribution in [1.82, 2.24) is 15.5 Å². The van der Waals surface area contributed by atoms with Crippen LogP contribution in [0.2, 0.25) is 0 Å². The van der Waals surface area contributed by atoms with Gasteiger partial charge in [-0.25, -0.2) is 0 Å². The Morgan fingerprint density at radius 3 is 3.00 bits per heavy atom. The SMILES string of the molecule is CCOc1ccccc1-c1noc(CCNC2CC2)n1. The molecular weight excluding hydrogens is 254 g/mol. The fraction of sp³-hybridized carbons (Fsp3) is 0.467. The van der Waals surface area contributed by atoms with Crippen LogP contribution >= 0.6 is 0 Å². The van der Waals surface area contributed by atoms with E-state index < -0.39 is 0 Å². The molecule has 0 radical (unpaired) electrons. The van der Waals surface area contributed by atoms with Crippen LogP contribution in [0, 0.1) is 0 Å². The highest BCUT2D eigenvalue weighted by Gasteiger charge is 2.20. The van der Waals surface area contributed by atoms with Crippen molar-refractivity contribution in [2.45, 2.75) is 32.2 Å². The summed E-state index contributed by atoms with van der Waals surface area (Å²) in [5, 5.41) is 7.48. The van der Waals surface area contributed by atoms with Crippen LogP contribution in [0.15, 0.2) is 28.8 Å². The summed E-state index contributed by atoms with van der Waals surface area (Å²) in [7, 11) is 0. The molecule has 0 bridgehead atoms. The third-order valence-corrected chi connectivity index (χ3v) is 3.25. The number of benzene rings is 1. The summed E-state index contributed by atoms with van der Waals surface area (Å²) >= 11 is 0. The van der Waals surface area contributed by atoms with E-state index in [0.29, 0.717) is 24.4 Å². The molecule has 1 aromatic carbocycles. The standard InChI is InChI=1S/C15H19N3O2/c1-2-19-13-6-4-3-5-12(13)15-17-14(20-18-15)9-10-16-11-7-8-11/h3-6,11,16H,2,7-10H2,1H3. The van der Waals surface area contributed by atoms with Crippen LogP contribution in [0.1, 0.15) is 25.7 Å². The zero-order valence-electron chi connectivity index (χ0n) is 11.6. The molecule has 1 fully saturated rings. The Bertz CT molecular complexity index is 564. The molecule has 1 saturated carbocycles. The van der Waals surface area contributed by atoms with Crippen molar-refractivity contribution in [2.75, 3.05) is 13.2 Å². The predicted molar refractivity (Wildman–Crippen MR) is 75.6 cm³/mol. The van der Waals surface area contributed by atoms with Crippen LogP contribution in [0.25, 0.3) is 11.4 Å². The molecule has 1 heterocycles. The average Bonchev–Trinajstić information content (AvgIpc) is 3.17. The fourth-order valence-corrected chi connectivity index (χ4v) is 2.07. The molecule has 3 rings (SSSR count). The lowest BCUT2D eigenvalue weighted by Crippen LogP contribution is -2.19. The third kappa shape index (κ3) is 3.17. The lowest BCUT2D eigenvalue weighted by molar-refractivity contribution is 0.340. The van der Waals surface area contributed by atoms with Crippen LogP contribution in [0.4, 0.5) is 0 Å². The van der Waals surface area contributed by atoms with Crippen LogP contribution in [-0.4, -0.2) is 29.3 Å². The first-order chi connectivity index (χ1) is 9.86. The van der Waals surface area contributed by atoms with Gasteiger partial charge in [-0.2, -0.15) is 4.98 Å². The largest absolute Gasteiger partial charge is 0.493 e. The molecular formula is C15H19N3O2. The molecule has 1 aliphatic carbocycles. The van der Waals surface area contributed by atoms with Crippen molar-refractivity contribution < 1.29 is 9.26 Å². The molecule has 0 spiro atoms. The van der Waals surface area contributed by atoms with E-state index in [1.165, 1.54) is 12.8 Å². The molecule has 0 saturated heterocycles. The number of para-hydroxylation sites is 1. The molecule has 1 N–H and O–H groups in total. The van der Waals surface area contributed by atoms with E-state index in [1.807, 2.05) is 31.2 Å². The monoisotopic (exact) mass is 273 g/mol. The Hall–Kier alpha value is -1.88. The van der Waals surface area contributed by atoms with Gasteiger partial charge >= 0.3 is 0 Å². The predicted octanol–water partition coefficient (Wildman–Crippen LogP) is 2.43. The van der Waals surface area contributed by atoms with Crippen molar-refractivity contribution in [3.63, 3.8) is 0 Å². The van der Waals surface area contributed by atoms with Crippen molar-refractivity contribution in [2.24, 2.45) is 0 Å². The lowest BCUT2D eigenvalue weighted by Gasteiger charge is -2.05. The smallest absolute Gasteiger partial charge is 0.228 e. The Morgan fingerprint density at radius 2 is 2.20 bits per heavy atom. The van der Waals surface area contributed by atoms with Crippen molar-refractivity contribution in [3.8, 4) is 17.1 Å².